The van der Waals surface area contributed by atoms with Crippen LogP contribution < -0.4 is 5.32 Å². The van der Waals surface area contributed by atoms with Crippen molar-refractivity contribution < 1.29 is 14.7 Å². The van der Waals surface area contributed by atoms with Crippen LogP contribution in [0.25, 0.3) is 0 Å². The minimum atomic E-state index is -1.10. The van der Waals surface area contributed by atoms with Crippen molar-refractivity contribution in [2.45, 2.75) is 31.7 Å². The van der Waals surface area contributed by atoms with E-state index in [4.69, 9.17) is 11.6 Å². The number of carbonyl (C=O) groups excluding carboxylic acids is 1. The van der Waals surface area contributed by atoms with Gasteiger partial charge in [-0.15, -0.1) is 0 Å². The molecule has 3 rings (SSSR count). The number of aromatic carboxylic acids is 1. The van der Waals surface area contributed by atoms with Gasteiger partial charge in [-0.1, -0.05) is 11.6 Å². The van der Waals surface area contributed by atoms with Gasteiger partial charge in [0.2, 0.25) is 0 Å². The molecule has 5 nitrogen and oxygen atoms in total. The Morgan fingerprint density at radius 3 is 2.57 bits per heavy atom. The third-order valence-corrected chi connectivity index (χ3v) is 4.09. The topological polar surface area (TPSA) is 69.6 Å². The van der Waals surface area contributed by atoms with Gasteiger partial charge in [0, 0.05) is 17.6 Å². The highest BCUT2D eigenvalue weighted by molar-refractivity contribution is 6.31. The molecule has 21 heavy (non-hydrogen) atoms. The Labute approximate surface area is 127 Å². The highest BCUT2D eigenvalue weighted by Gasteiger charge is 2.36. The number of anilines is 1. The van der Waals surface area contributed by atoms with Crippen LogP contribution in [0.3, 0.4) is 0 Å². The maximum atomic E-state index is 12.4. The zero-order chi connectivity index (χ0) is 15.0. The largest absolute Gasteiger partial charge is 0.478 e. The SMILES string of the molecule is O=C(O)c1cc(Cl)ccc1NC(=O)N(CC1CC1)C1CC1. The Bertz CT molecular complexity index is 582. The van der Waals surface area contributed by atoms with Crippen molar-refractivity contribution in [3.63, 3.8) is 0 Å². The first-order valence-electron chi connectivity index (χ1n) is 7.15. The minimum absolute atomic E-state index is 0.0121. The molecule has 0 heterocycles. The zero-order valence-corrected chi connectivity index (χ0v) is 12.3. The molecule has 2 aliphatic carbocycles. The van der Waals surface area contributed by atoms with Crippen molar-refractivity contribution in [1.29, 1.82) is 0 Å². The second kappa shape index (κ2) is 5.56. The number of halogens is 1. The maximum absolute atomic E-state index is 12.4. The van der Waals surface area contributed by atoms with E-state index in [1.807, 2.05) is 4.90 Å². The number of hydrogen-bond acceptors (Lipinski definition) is 2. The Morgan fingerprint density at radius 2 is 2.00 bits per heavy atom. The molecule has 0 aromatic heterocycles. The van der Waals surface area contributed by atoms with E-state index < -0.39 is 5.97 Å². The van der Waals surface area contributed by atoms with Gasteiger partial charge in [0.1, 0.15) is 0 Å². The predicted octanol–water partition coefficient (Wildman–Crippen LogP) is 3.44. The van der Waals surface area contributed by atoms with Crippen molar-refractivity contribution in [1.82, 2.24) is 4.90 Å². The number of nitrogens with zero attached hydrogens (tertiary/aromatic N) is 1. The number of hydrogen-bond donors (Lipinski definition) is 2. The van der Waals surface area contributed by atoms with E-state index in [2.05, 4.69) is 5.32 Å². The number of amides is 2. The Hall–Kier alpha value is -1.75. The van der Waals surface area contributed by atoms with Crippen molar-refractivity contribution in [3.05, 3.63) is 28.8 Å². The number of carbonyl (C=O) groups is 2. The second-order valence-corrected chi connectivity index (χ2v) is 6.19. The molecule has 1 aromatic rings. The molecule has 2 amide bonds. The van der Waals surface area contributed by atoms with Crippen molar-refractivity contribution in [2.24, 2.45) is 5.92 Å². The zero-order valence-electron chi connectivity index (χ0n) is 11.5. The molecule has 0 bridgehead atoms. The second-order valence-electron chi connectivity index (χ2n) is 5.75. The van der Waals surface area contributed by atoms with E-state index in [0.717, 1.165) is 19.4 Å². The van der Waals surface area contributed by atoms with Gasteiger partial charge in [-0.3, -0.25) is 0 Å². The first-order chi connectivity index (χ1) is 10.0. The molecule has 0 spiro atoms. The Morgan fingerprint density at radius 1 is 1.29 bits per heavy atom. The van der Waals surface area contributed by atoms with Crippen LogP contribution in [-0.4, -0.2) is 34.6 Å². The Balaban J connectivity index is 1.75. The number of rotatable bonds is 5. The van der Waals surface area contributed by atoms with Gasteiger partial charge < -0.3 is 15.3 Å². The molecule has 0 saturated heterocycles. The number of benzene rings is 1. The van der Waals surface area contributed by atoms with E-state index >= 15 is 0 Å². The van der Waals surface area contributed by atoms with Crippen LogP contribution in [0.5, 0.6) is 0 Å². The summed E-state index contributed by atoms with van der Waals surface area (Å²) in [5, 5.41) is 12.3. The van der Waals surface area contributed by atoms with E-state index in [1.165, 1.54) is 25.0 Å². The van der Waals surface area contributed by atoms with Gasteiger partial charge in [-0.25, -0.2) is 9.59 Å². The standard InChI is InChI=1S/C15H17ClN2O3/c16-10-3-6-13(12(7-10)14(19)20)17-15(21)18(11-4-5-11)8-9-1-2-9/h3,6-7,9,11H,1-2,4-5,8H2,(H,17,21)(H,19,20). The van der Waals surface area contributed by atoms with E-state index in [0.29, 0.717) is 22.7 Å². The third kappa shape index (κ3) is 3.47. The van der Waals surface area contributed by atoms with E-state index in [-0.39, 0.29) is 11.6 Å². The van der Waals surface area contributed by atoms with Crippen LogP contribution in [0.15, 0.2) is 18.2 Å². The van der Waals surface area contributed by atoms with Gasteiger partial charge >= 0.3 is 12.0 Å². The smallest absolute Gasteiger partial charge is 0.337 e. The summed E-state index contributed by atoms with van der Waals surface area (Å²) in [5.74, 6) is -0.492. The summed E-state index contributed by atoms with van der Waals surface area (Å²) in [6, 6.07) is 4.56. The van der Waals surface area contributed by atoms with E-state index in [9.17, 15) is 14.7 Å². The fourth-order valence-corrected chi connectivity index (χ4v) is 2.52. The number of urea groups is 1. The lowest BCUT2D eigenvalue weighted by atomic mass is 10.2. The fourth-order valence-electron chi connectivity index (χ4n) is 2.35. The molecule has 2 fully saturated rings. The maximum Gasteiger partial charge on any atom is 0.337 e. The summed E-state index contributed by atoms with van der Waals surface area (Å²) < 4.78 is 0. The molecule has 0 unspecified atom stereocenters. The molecule has 0 radical (unpaired) electrons. The van der Waals surface area contributed by atoms with E-state index in [1.54, 1.807) is 6.07 Å². The van der Waals surface area contributed by atoms with Gasteiger partial charge in [0.15, 0.2) is 0 Å². The summed E-state index contributed by atoms with van der Waals surface area (Å²) in [4.78, 5) is 25.5. The summed E-state index contributed by atoms with van der Waals surface area (Å²) in [5.41, 5.74) is 0.302. The average molecular weight is 309 g/mol. The molecular formula is C15H17ClN2O3. The van der Waals surface area contributed by atoms with Crippen molar-refractivity contribution in [2.75, 3.05) is 11.9 Å². The molecule has 0 atom stereocenters. The van der Waals surface area contributed by atoms with Gasteiger partial charge in [-0.2, -0.15) is 0 Å². The molecule has 2 N–H and O–H groups in total. The molecule has 1 aromatic carbocycles. The Kier molecular flexibility index (Phi) is 3.76. The van der Waals surface area contributed by atoms with Crippen LogP contribution in [0.1, 0.15) is 36.0 Å². The lowest BCUT2D eigenvalue weighted by molar-refractivity contribution is 0.0698. The highest BCUT2D eigenvalue weighted by atomic mass is 35.5. The van der Waals surface area contributed by atoms with Gasteiger partial charge in [0.05, 0.1) is 11.3 Å². The minimum Gasteiger partial charge on any atom is -0.478 e. The molecule has 2 saturated carbocycles. The normalized spacial score (nSPS) is 17.4. The van der Waals surface area contributed by atoms with Crippen LogP contribution >= 0.6 is 11.6 Å². The summed E-state index contributed by atoms with van der Waals surface area (Å²) in [6.45, 7) is 0.770. The highest BCUT2D eigenvalue weighted by Crippen LogP contribution is 2.35. The van der Waals surface area contributed by atoms with Crippen molar-refractivity contribution in [3.8, 4) is 0 Å². The predicted molar refractivity (Wildman–Crippen MR) is 79.9 cm³/mol. The number of nitrogens with one attached hydrogen (secondary N) is 1. The van der Waals surface area contributed by atoms with Crippen molar-refractivity contribution >= 4 is 29.3 Å². The first-order valence-corrected chi connectivity index (χ1v) is 7.53. The fraction of sp³-hybridized carbons (Fsp3) is 0.467. The molecular weight excluding hydrogens is 292 g/mol. The summed E-state index contributed by atoms with van der Waals surface area (Å²) in [7, 11) is 0. The molecule has 6 heteroatoms. The van der Waals surface area contributed by atoms with Crippen LogP contribution in [0.2, 0.25) is 5.02 Å². The van der Waals surface area contributed by atoms with Crippen LogP contribution in [0.4, 0.5) is 10.5 Å². The summed E-state index contributed by atoms with van der Waals surface area (Å²) in [6.07, 6.45) is 4.43. The van der Waals surface area contributed by atoms with Crippen LogP contribution in [0, 0.1) is 5.92 Å². The average Bonchev–Trinajstić information content (AvgIpc) is 3.31. The molecule has 0 aliphatic heterocycles. The number of carboxylic acid groups (broad SMARTS) is 1. The third-order valence-electron chi connectivity index (χ3n) is 3.85. The lowest BCUT2D eigenvalue weighted by Gasteiger charge is -2.23. The first kappa shape index (κ1) is 14.2. The van der Waals surface area contributed by atoms with Gasteiger partial charge in [0.25, 0.3) is 0 Å². The molecule has 2 aliphatic rings. The number of carboxylic acids is 1. The van der Waals surface area contributed by atoms with Crippen LogP contribution in [-0.2, 0) is 0 Å². The summed E-state index contributed by atoms with van der Waals surface area (Å²) >= 11 is 5.81. The monoisotopic (exact) mass is 308 g/mol. The van der Waals surface area contributed by atoms with Gasteiger partial charge in [-0.05, 0) is 49.8 Å². The molecule has 112 valence electrons. The lowest BCUT2D eigenvalue weighted by Crippen LogP contribution is -2.38. The quantitative estimate of drug-likeness (QED) is 0.875.